The number of rotatable bonds is 3. The smallest absolute Gasteiger partial charge is 0.235 e. The highest BCUT2D eigenvalue weighted by Gasteiger charge is 2.51. The molecule has 0 radical (unpaired) electrons. The monoisotopic (exact) mass is 349 g/mol. The standard InChI is InChI=1S/C16H13BrClNO/c17-12-4-6-14(7-5-12)19-15(20)16(8-9-16)11-2-1-3-13(18)10-11/h1-7,10H,8-9H2,(H,19,20). The topological polar surface area (TPSA) is 29.1 Å². The van der Waals surface area contributed by atoms with Crippen molar-refractivity contribution in [3.05, 3.63) is 63.6 Å². The lowest BCUT2D eigenvalue weighted by molar-refractivity contribution is -0.118. The Morgan fingerprint density at radius 3 is 2.45 bits per heavy atom. The molecule has 0 spiro atoms. The molecule has 2 aromatic rings. The van der Waals surface area contributed by atoms with Gasteiger partial charge in [-0.3, -0.25) is 4.79 Å². The summed E-state index contributed by atoms with van der Waals surface area (Å²) in [4.78, 5) is 12.5. The van der Waals surface area contributed by atoms with E-state index in [4.69, 9.17) is 11.6 Å². The minimum Gasteiger partial charge on any atom is -0.325 e. The van der Waals surface area contributed by atoms with Gasteiger partial charge in [0, 0.05) is 15.2 Å². The van der Waals surface area contributed by atoms with Crippen molar-refractivity contribution in [2.75, 3.05) is 5.32 Å². The second-order valence-corrected chi connectivity index (χ2v) is 6.41. The van der Waals surface area contributed by atoms with E-state index in [1.54, 1.807) is 0 Å². The van der Waals surface area contributed by atoms with Crippen molar-refractivity contribution in [3.63, 3.8) is 0 Å². The normalized spacial score (nSPS) is 15.7. The number of amides is 1. The molecule has 1 saturated carbocycles. The highest BCUT2D eigenvalue weighted by Crippen LogP contribution is 2.49. The van der Waals surface area contributed by atoms with Gasteiger partial charge in [0.1, 0.15) is 0 Å². The molecule has 0 heterocycles. The molecule has 0 atom stereocenters. The number of hydrogen-bond donors (Lipinski definition) is 1. The molecule has 1 N–H and O–H groups in total. The van der Waals surface area contributed by atoms with E-state index >= 15 is 0 Å². The molecule has 4 heteroatoms. The summed E-state index contributed by atoms with van der Waals surface area (Å²) in [6.07, 6.45) is 1.74. The summed E-state index contributed by atoms with van der Waals surface area (Å²) in [5, 5.41) is 3.66. The second kappa shape index (κ2) is 5.23. The van der Waals surface area contributed by atoms with Crippen molar-refractivity contribution in [2.24, 2.45) is 0 Å². The van der Waals surface area contributed by atoms with Crippen molar-refractivity contribution in [1.82, 2.24) is 0 Å². The third kappa shape index (κ3) is 2.60. The van der Waals surface area contributed by atoms with Crippen LogP contribution < -0.4 is 5.32 Å². The van der Waals surface area contributed by atoms with E-state index < -0.39 is 5.41 Å². The Morgan fingerprint density at radius 2 is 1.85 bits per heavy atom. The largest absolute Gasteiger partial charge is 0.325 e. The van der Waals surface area contributed by atoms with Crippen LogP contribution in [0.15, 0.2) is 53.0 Å². The van der Waals surface area contributed by atoms with E-state index in [-0.39, 0.29) is 5.91 Å². The fourth-order valence-electron chi connectivity index (χ4n) is 2.34. The van der Waals surface area contributed by atoms with Gasteiger partial charge in [0.2, 0.25) is 5.91 Å². The van der Waals surface area contributed by atoms with Crippen LogP contribution in [-0.2, 0) is 10.2 Å². The van der Waals surface area contributed by atoms with Crippen LogP contribution >= 0.6 is 27.5 Å². The van der Waals surface area contributed by atoms with Crippen LogP contribution in [0.2, 0.25) is 5.02 Å². The molecular weight excluding hydrogens is 338 g/mol. The van der Waals surface area contributed by atoms with Crippen molar-refractivity contribution < 1.29 is 4.79 Å². The van der Waals surface area contributed by atoms with Crippen LogP contribution in [0, 0.1) is 0 Å². The second-order valence-electron chi connectivity index (χ2n) is 5.05. The van der Waals surface area contributed by atoms with Gasteiger partial charge in [-0.1, -0.05) is 39.7 Å². The first-order valence-electron chi connectivity index (χ1n) is 6.43. The third-order valence-electron chi connectivity index (χ3n) is 3.66. The summed E-state index contributed by atoms with van der Waals surface area (Å²) in [7, 11) is 0. The fourth-order valence-corrected chi connectivity index (χ4v) is 2.80. The molecule has 1 aliphatic carbocycles. The number of benzene rings is 2. The molecule has 1 fully saturated rings. The fraction of sp³-hybridized carbons (Fsp3) is 0.188. The van der Waals surface area contributed by atoms with E-state index in [1.807, 2.05) is 48.5 Å². The van der Waals surface area contributed by atoms with Crippen LogP contribution in [0.5, 0.6) is 0 Å². The Kier molecular flexibility index (Phi) is 3.57. The van der Waals surface area contributed by atoms with Gasteiger partial charge in [-0.05, 0) is 54.8 Å². The van der Waals surface area contributed by atoms with Crippen LogP contribution in [0.4, 0.5) is 5.69 Å². The van der Waals surface area contributed by atoms with E-state index in [0.29, 0.717) is 5.02 Å². The maximum atomic E-state index is 12.5. The summed E-state index contributed by atoms with van der Waals surface area (Å²) < 4.78 is 0.992. The highest BCUT2D eigenvalue weighted by atomic mass is 79.9. The molecule has 0 unspecified atom stereocenters. The van der Waals surface area contributed by atoms with Crippen LogP contribution in [0.25, 0.3) is 0 Å². The summed E-state index contributed by atoms with van der Waals surface area (Å²) in [5.41, 5.74) is 1.41. The molecule has 3 rings (SSSR count). The van der Waals surface area contributed by atoms with Crippen molar-refractivity contribution in [3.8, 4) is 0 Å². The van der Waals surface area contributed by atoms with Crippen molar-refractivity contribution >= 4 is 39.1 Å². The molecule has 0 saturated heterocycles. The third-order valence-corrected chi connectivity index (χ3v) is 4.43. The van der Waals surface area contributed by atoms with Crippen LogP contribution in [0.1, 0.15) is 18.4 Å². The highest BCUT2D eigenvalue weighted by molar-refractivity contribution is 9.10. The van der Waals surface area contributed by atoms with Crippen molar-refractivity contribution in [1.29, 1.82) is 0 Å². The number of carbonyl (C=O) groups is 1. The lowest BCUT2D eigenvalue weighted by Crippen LogP contribution is -2.27. The van der Waals surface area contributed by atoms with Gasteiger partial charge in [0.25, 0.3) is 0 Å². The maximum absolute atomic E-state index is 12.5. The quantitative estimate of drug-likeness (QED) is 0.848. The van der Waals surface area contributed by atoms with E-state index in [2.05, 4.69) is 21.2 Å². The molecule has 1 amide bonds. The molecule has 20 heavy (non-hydrogen) atoms. The first kappa shape index (κ1) is 13.7. The average molecular weight is 351 g/mol. The minimum atomic E-state index is -0.405. The Morgan fingerprint density at radius 1 is 1.15 bits per heavy atom. The zero-order valence-corrected chi connectivity index (χ0v) is 13.0. The predicted molar refractivity (Wildman–Crippen MR) is 85.1 cm³/mol. The Labute approximate surface area is 131 Å². The summed E-state index contributed by atoms with van der Waals surface area (Å²) >= 11 is 9.40. The lowest BCUT2D eigenvalue weighted by Gasteiger charge is -2.16. The molecule has 102 valence electrons. The lowest BCUT2D eigenvalue weighted by atomic mass is 9.95. The average Bonchev–Trinajstić information content (AvgIpc) is 3.23. The van der Waals surface area contributed by atoms with Gasteiger partial charge in [-0.2, -0.15) is 0 Å². The van der Waals surface area contributed by atoms with Gasteiger partial charge < -0.3 is 5.32 Å². The van der Waals surface area contributed by atoms with E-state index in [1.165, 1.54) is 0 Å². The van der Waals surface area contributed by atoms with Gasteiger partial charge in [0.15, 0.2) is 0 Å². The minimum absolute atomic E-state index is 0.0436. The van der Waals surface area contributed by atoms with Gasteiger partial charge >= 0.3 is 0 Å². The molecule has 1 aliphatic rings. The summed E-state index contributed by atoms with van der Waals surface area (Å²) in [6, 6.07) is 15.2. The molecule has 2 aromatic carbocycles. The predicted octanol–water partition coefficient (Wildman–Crippen LogP) is 4.77. The number of halogens is 2. The molecule has 0 aliphatic heterocycles. The number of anilines is 1. The van der Waals surface area contributed by atoms with Gasteiger partial charge in [-0.25, -0.2) is 0 Å². The SMILES string of the molecule is O=C(Nc1ccc(Br)cc1)C1(c2cccc(Cl)c2)CC1. The Bertz CT molecular complexity index is 650. The molecule has 0 aromatic heterocycles. The number of hydrogen-bond acceptors (Lipinski definition) is 1. The Hall–Kier alpha value is -1.32. The molecule has 2 nitrogen and oxygen atoms in total. The number of nitrogens with one attached hydrogen (secondary N) is 1. The van der Waals surface area contributed by atoms with Gasteiger partial charge in [-0.15, -0.1) is 0 Å². The van der Waals surface area contributed by atoms with E-state index in [9.17, 15) is 4.79 Å². The molecule has 0 bridgehead atoms. The molecular formula is C16H13BrClNO. The van der Waals surface area contributed by atoms with Crippen molar-refractivity contribution in [2.45, 2.75) is 18.3 Å². The zero-order valence-electron chi connectivity index (χ0n) is 10.7. The first-order chi connectivity index (χ1) is 9.60. The summed E-state index contributed by atoms with van der Waals surface area (Å²) in [5.74, 6) is 0.0436. The first-order valence-corrected chi connectivity index (χ1v) is 7.60. The Balaban J connectivity index is 1.81. The van der Waals surface area contributed by atoms with E-state index in [0.717, 1.165) is 28.6 Å². The maximum Gasteiger partial charge on any atom is 0.235 e. The van der Waals surface area contributed by atoms with Crippen LogP contribution in [0.3, 0.4) is 0 Å². The number of carbonyl (C=O) groups excluding carboxylic acids is 1. The zero-order chi connectivity index (χ0) is 14.2. The van der Waals surface area contributed by atoms with Crippen LogP contribution in [-0.4, -0.2) is 5.91 Å². The summed E-state index contributed by atoms with van der Waals surface area (Å²) in [6.45, 7) is 0. The van der Waals surface area contributed by atoms with Gasteiger partial charge in [0.05, 0.1) is 5.41 Å².